The van der Waals surface area contributed by atoms with Crippen LogP contribution in [0.5, 0.6) is 0 Å². The van der Waals surface area contributed by atoms with Crippen molar-refractivity contribution in [3.63, 3.8) is 0 Å². The third-order valence-electron chi connectivity index (χ3n) is 1.99. The monoisotopic (exact) mass is 289 g/mol. The number of nitrogens with two attached hydrogens (primary N) is 2. The molecule has 0 aliphatic carbocycles. The number of amidine groups is 1. The van der Waals surface area contributed by atoms with E-state index in [9.17, 15) is 9.59 Å². The van der Waals surface area contributed by atoms with Crippen molar-refractivity contribution >= 4 is 17.9 Å². The van der Waals surface area contributed by atoms with Crippen LogP contribution in [0.15, 0.2) is 5.10 Å². The Hall–Kier alpha value is -2.03. The molecule has 20 heavy (non-hydrogen) atoms. The largest absolute Gasteiger partial charge is 0.456 e. The number of hydrazone groups is 1. The highest BCUT2D eigenvalue weighted by Gasteiger charge is 2.22. The predicted molar refractivity (Wildman–Crippen MR) is 73.4 cm³/mol. The van der Waals surface area contributed by atoms with E-state index in [0.717, 1.165) is 5.01 Å². The summed E-state index contributed by atoms with van der Waals surface area (Å²) in [7, 11) is 1.50. The van der Waals surface area contributed by atoms with E-state index in [1.54, 1.807) is 20.8 Å². The van der Waals surface area contributed by atoms with Crippen molar-refractivity contribution < 1.29 is 19.1 Å². The minimum atomic E-state index is -0.869. The van der Waals surface area contributed by atoms with E-state index in [1.807, 2.05) is 0 Å². The highest BCUT2D eigenvalue weighted by Crippen LogP contribution is 2.06. The molecule has 0 spiro atoms. The van der Waals surface area contributed by atoms with Crippen LogP contribution in [0.2, 0.25) is 0 Å². The quantitative estimate of drug-likeness (QED) is 0.209. The first-order chi connectivity index (χ1) is 9.06. The molecule has 5 N–H and O–H groups in total. The fraction of sp³-hybridized carbons (Fsp3) is 0.727. The number of carbonyl (C=O) groups excluding carboxylic acids is 2. The molecule has 116 valence electrons. The lowest BCUT2D eigenvalue weighted by atomic mass is 10.2. The molecule has 0 aliphatic heterocycles. The van der Waals surface area contributed by atoms with Crippen LogP contribution in [-0.2, 0) is 14.3 Å². The number of esters is 1. The van der Waals surface area contributed by atoms with Crippen LogP contribution in [0.25, 0.3) is 0 Å². The summed E-state index contributed by atoms with van der Waals surface area (Å²) < 4.78 is 9.92. The molecular formula is C11H23N5O4. The van der Waals surface area contributed by atoms with Gasteiger partial charge in [-0.15, -0.1) is 0 Å². The van der Waals surface area contributed by atoms with Crippen LogP contribution in [0.3, 0.4) is 0 Å². The third kappa shape index (κ3) is 7.41. The molecular weight excluding hydrogens is 266 g/mol. The SMILES string of the molecule is CC(NC(=O)OC(C)(C)C)C(=O)OC/C(=N/N)N(C)N. The molecule has 1 atom stereocenters. The number of hydrogen-bond acceptors (Lipinski definition) is 7. The Labute approximate surface area is 118 Å². The summed E-state index contributed by atoms with van der Waals surface area (Å²) in [6.07, 6.45) is -0.703. The Morgan fingerprint density at radius 2 is 1.95 bits per heavy atom. The van der Waals surface area contributed by atoms with E-state index in [4.69, 9.17) is 21.2 Å². The van der Waals surface area contributed by atoms with E-state index in [1.165, 1.54) is 14.0 Å². The maximum Gasteiger partial charge on any atom is 0.408 e. The zero-order valence-corrected chi connectivity index (χ0v) is 12.5. The van der Waals surface area contributed by atoms with Crippen molar-refractivity contribution in [1.29, 1.82) is 0 Å². The molecule has 0 aliphatic rings. The first kappa shape index (κ1) is 18.0. The Morgan fingerprint density at radius 3 is 2.35 bits per heavy atom. The lowest BCUT2D eigenvalue weighted by molar-refractivity contribution is -0.144. The van der Waals surface area contributed by atoms with Crippen LogP contribution < -0.4 is 17.0 Å². The molecule has 0 rings (SSSR count). The molecule has 0 heterocycles. The Kier molecular flexibility index (Phi) is 6.77. The number of rotatable bonds is 4. The van der Waals surface area contributed by atoms with Crippen molar-refractivity contribution in [3.05, 3.63) is 0 Å². The summed E-state index contributed by atoms with van der Waals surface area (Å²) in [5.41, 5.74) is -0.644. The highest BCUT2D eigenvalue weighted by molar-refractivity contribution is 5.86. The summed E-state index contributed by atoms with van der Waals surface area (Å²) in [6, 6.07) is -0.869. The first-order valence-corrected chi connectivity index (χ1v) is 5.98. The first-order valence-electron chi connectivity index (χ1n) is 5.98. The zero-order chi connectivity index (χ0) is 15.9. The third-order valence-corrected chi connectivity index (χ3v) is 1.99. The minimum Gasteiger partial charge on any atom is -0.456 e. The van der Waals surface area contributed by atoms with Gasteiger partial charge in [-0.25, -0.2) is 15.4 Å². The summed E-state index contributed by atoms with van der Waals surface area (Å²) in [6.45, 7) is 6.43. The number of carbonyl (C=O) groups is 2. The predicted octanol–water partition coefficient (Wildman–Crippen LogP) is -0.479. The average Bonchev–Trinajstić information content (AvgIpc) is 2.26. The van der Waals surface area contributed by atoms with Crippen molar-refractivity contribution in [1.82, 2.24) is 10.3 Å². The zero-order valence-electron chi connectivity index (χ0n) is 12.5. The van der Waals surface area contributed by atoms with Gasteiger partial charge in [0, 0.05) is 7.05 Å². The second-order valence-corrected chi connectivity index (χ2v) is 5.13. The standard InChI is InChI=1S/C11H23N5O4/c1-7(14-10(18)20-11(2,3)4)9(17)19-6-8(15-12)16(5)13/h7H,6,12-13H2,1-5H3,(H,14,18)/b15-8-. The number of likely N-dealkylation sites (N-methyl/N-ethyl adjacent to an activating group) is 1. The van der Waals surface area contributed by atoms with Crippen LogP contribution in [0, 0.1) is 0 Å². The van der Waals surface area contributed by atoms with Crippen molar-refractivity contribution in [2.24, 2.45) is 16.8 Å². The molecule has 0 fully saturated rings. The Bertz CT molecular complexity index is 375. The number of amides is 1. The molecule has 0 radical (unpaired) electrons. The van der Waals surface area contributed by atoms with Crippen LogP contribution in [-0.4, -0.2) is 48.2 Å². The van der Waals surface area contributed by atoms with Gasteiger partial charge in [-0.2, -0.15) is 5.10 Å². The Balaban J connectivity index is 4.26. The normalized spacial score (nSPS) is 13.4. The van der Waals surface area contributed by atoms with Gasteiger partial charge in [0.1, 0.15) is 11.6 Å². The molecule has 1 amide bonds. The van der Waals surface area contributed by atoms with Gasteiger partial charge in [0.15, 0.2) is 12.4 Å². The maximum absolute atomic E-state index is 11.6. The van der Waals surface area contributed by atoms with Gasteiger partial charge in [-0.1, -0.05) is 0 Å². The smallest absolute Gasteiger partial charge is 0.408 e. The van der Waals surface area contributed by atoms with E-state index in [-0.39, 0.29) is 12.4 Å². The van der Waals surface area contributed by atoms with Gasteiger partial charge in [0.25, 0.3) is 0 Å². The van der Waals surface area contributed by atoms with Gasteiger partial charge in [-0.05, 0) is 27.7 Å². The molecule has 9 heteroatoms. The second kappa shape index (κ2) is 7.53. The fourth-order valence-electron chi connectivity index (χ4n) is 1.03. The topological polar surface area (TPSA) is 132 Å². The van der Waals surface area contributed by atoms with Gasteiger partial charge < -0.3 is 20.6 Å². The molecule has 0 saturated carbocycles. The average molecular weight is 289 g/mol. The van der Waals surface area contributed by atoms with Crippen molar-refractivity contribution in [3.8, 4) is 0 Å². The molecule has 1 unspecified atom stereocenters. The number of hydrazine groups is 1. The van der Waals surface area contributed by atoms with Crippen LogP contribution in [0.1, 0.15) is 27.7 Å². The molecule has 0 aromatic heterocycles. The van der Waals surface area contributed by atoms with E-state index in [0.29, 0.717) is 0 Å². The van der Waals surface area contributed by atoms with Crippen molar-refractivity contribution in [2.45, 2.75) is 39.3 Å². The van der Waals surface area contributed by atoms with Gasteiger partial charge in [0.05, 0.1) is 0 Å². The molecule has 9 nitrogen and oxygen atoms in total. The van der Waals surface area contributed by atoms with E-state index < -0.39 is 23.7 Å². The van der Waals surface area contributed by atoms with Crippen LogP contribution in [0.4, 0.5) is 4.79 Å². The lowest BCUT2D eigenvalue weighted by Gasteiger charge is -2.21. The fourth-order valence-corrected chi connectivity index (χ4v) is 1.03. The van der Waals surface area contributed by atoms with Gasteiger partial charge in [0.2, 0.25) is 0 Å². The summed E-state index contributed by atoms with van der Waals surface area (Å²) in [5.74, 6) is 10.0. The number of hydrogen-bond donors (Lipinski definition) is 3. The number of nitrogens with one attached hydrogen (secondary N) is 1. The van der Waals surface area contributed by atoms with Crippen LogP contribution >= 0.6 is 0 Å². The molecule has 0 aromatic rings. The Morgan fingerprint density at radius 1 is 1.40 bits per heavy atom. The number of ether oxygens (including phenoxy) is 2. The number of nitrogens with zero attached hydrogens (tertiary/aromatic N) is 2. The van der Waals surface area contributed by atoms with Gasteiger partial charge in [-0.3, -0.25) is 5.01 Å². The second-order valence-electron chi connectivity index (χ2n) is 5.13. The lowest BCUT2D eigenvalue weighted by Crippen LogP contribution is -2.44. The van der Waals surface area contributed by atoms with Crippen molar-refractivity contribution in [2.75, 3.05) is 13.7 Å². The summed E-state index contributed by atoms with van der Waals surface area (Å²) in [5, 5.41) is 6.84. The number of alkyl carbamates (subject to hydrolysis) is 1. The van der Waals surface area contributed by atoms with Gasteiger partial charge >= 0.3 is 12.1 Å². The molecule has 0 aromatic carbocycles. The molecule has 0 saturated heterocycles. The summed E-state index contributed by atoms with van der Waals surface area (Å²) >= 11 is 0. The highest BCUT2D eigenvalue weighted by atomic mass is 16.6. The minimum absolute atomic E-state index is 0.183. The maximum atomic E-state index is 11.6. The summed E-state index contributed by atoms with van der Waals surface area (Å²) in [4.78, 5) is 23.1. The molecule has 0 bridgehead atoms. The van der Waals surface area contributed by atoms with E-state index >= 15 is 0 Å². The van der Waals surface area contributed by atoms with E-state index in [2.05, 4.69) is 10.4 Å².